The highest BCUT2D eigenvalue weighted by Crippen LogP contribution is 2.36. The van der Waals surface area contributed by atoms with Gasteiger partial charge in [-0.2, -0.15) is 0 Å². The number of benzene rings is 3. The van der Waals surface area contributed by atoms with Crippen LogP contribution in [-0.2, 0) is 9.53 Å². The van der Waals surface area contributed by atoms with Gasteiger partial charge in [-0.25, -0.2) is 4.39 Å². The molecule has 0 aromatic heterocycles. The Bertz CT molecular complexity index is 1030. The molecule has 4 nitrogen and oxygen atoms in total. The Balaban J connectivity index is 1.77. The van der Waals surface area contributed by atoms with E-state index in [1.165, 1.54) is 6.07 Å². The number of aryl methyl sites for hydroxylation is 2. The van der Waals surface area contributed by atoms with Gasteiger partial charge in [0, 0.05) is 23.3 Å². The summed E-state index contributed by atoms with van der Waals surface area (Å²) >= 11 is 0. The van der Waals surface area contributed by atoms with Crippen LogP contribution >= 0.6 is 0 Å². The van der Waals surface area contributed by atoms with Gasteiger partial charge in [-0.15, -0.1) is 0 Å². The van der Waals surface area contributed by atoms with Crippen molar-refractivity contribution < 1.29 is 13.9 Å². The van der Waals surface area contributed by atoms with Crippen molar-refractivity contribution in [3.63, 3.8) is 0 Å². The van der Waals surface area contributed by atoms with Crippen molar-refractivity contribution in [2.45, 2.75) is 20.0 Å². The van der Waals surface area contributed by atoms with Crippen molar-refractivity contribution in [3.8, 4) is 0 Å². The lowest BCUT2D eigenvalue weighted by molar-refractivity contribution is -0.125. The van der Waals surface area contributed by atoms with Crippen LogP contribution in [0.2, 0.25) is 0 Å². The van der Waals surface area contributed by atoms with Gasteiger partial charge in [0.2, 0.25) is 6.41 Å². The fraction of sp³-hybridized carbons (Fsp3) is 0.261. The molecule has 1 aliphatic rings. The van der Waals surface area contributed by atoms with E-state index in [-0.39, 0.29) is 11.9 Å². The van der Waals surface area contributed by atoms with E-state index in [9.17, 15) is 9.18 Å². The molecule has 1 fully saturated rings. The number of anilines is 2. The average molecular weight is 378 g/mol. The van der Waals surface area contributed by atoms with Gasteiger partial charge < -0.3 is 15.0 Å². The highest BCUT2D eigenvalue weighted by Gasteiger charge is 2.23. The molecule has 0 saturated carbocycles. The molecule has 28 heavy (non-hydrogen) atoms. The minimum absolute atomic E-state index is 0.148. The zero-order valence-corrected chi connectivity index (χ0v) is 16.0. The van der Waals surface area contributed by atoms with Gasteiger partial charge in [0.25, 0.3) is 0 Å². The maximum Gasteiger partial charge on any atom is 0.209 e. The summed E-state index contributed by atoms with van der Waals surface area (Å²) in [6.07, 6.45) is 0.738. The molecule has 4 rings (SSSR count). The van der Waals surface area contributed by atoms with Crippen molar-refractivity contribution in [3.05, 3.63) is 71.0 Å². The summed E-state index contributed by atoms with van der Waals surface area (Å²) in [5.41, 5.74) is 4.64. The number of fused-ring (bicyclic) bond motifs is 1. The summed E-state index contributed by atoms with van der Waals surface area (Å²) in [6, 6.07) is 15.3. The van der Waals surface area contributed by atoms with Gasteiger partial charge in [-0.3, -0.25) is 4.79 Å². The molecule has 0 bridgehead atoms. The minimum atomic E-state index is -0.212. The van der Waals surface area contributed by atoms with Gasteiger partial charge in [0.15, 0.2) is 0 Å². The Morgan fingerprint density at radius 3 is 2.79 bits per heavy atom. The van der Waals surface area contributed by atoms with E-state index in [0.717, 1.165) is 39.7 Å². The molecule has 1 saturated heterocycles. The van der Waals surface area contributed by atoms with E-state index in [0.29, 0.717) is 25.3 Å². The normalized spacial score (nSPS) is 17.0. The van der Waals surface area contributed by atoms with E-state index >= 15 is 0 Å². The lowest BCUT2D eigenvalue weighted by atomic mass is 9.94. The first-order chi connectivity index (χ1) is 13.6. The number of ether oxygens (including phenoxy) is 1. The molecular formula is C23H23FN2O2. The highest BCUT2D eigenvalue weighted by molar-refractivity contribution is 5.99. The summed E-state index contributed by atoms with van der Waals surface area (Å²) in [7, 11) is 0. The van der Waals surface area contributed by atoms with Gasteiger partial charge in [0.05, 0.1) is 13.2 Å². The van der Waals surface area contributed by atoms with Gasteiger partial charge in [-0.05, 0) is 60.2 Å². The number of morpholine rings is 1. The van der Waals surface area contributed by atoms with E-state index in [1.54, 1.807) is 24.0 Å². The average Bonchev–Trinajstić information content (AvgIpc) is 2.71. The molecule has 0 aliphatic carbocycles. The second kappa shape index (κ2) is 7.60. The molecule has 1 heterocycles. The van der Waals surface area contributed by atoms with E-state index in [1.807, 2.05) is 12.1 Å². The van der Waals surface area contributed by atoms with Gasteiger partial charge in [0.1, 0.15) is 11.9 Å². The number of rotatable bonds is 4. The molecule has 5 heteroatoms. The monoisotopic (exact) mass is 378 g/mol. The second-order valence-corrected chi connectivity index (χ2v) is 7.25. The molecule has 1 unspecified atom stereocenters. The number of hydrogen-bond acceptors (Lipinski definition) is 3. The Kier molecular flexibility index (Phi) is 5.01. The third kappa shape index (κ3) is 3.45. The molecule has 1 aliphatic heterocycles. The summed E-state index contributed by atoms with van der Waals surface area (Å²) in [5, 5.41) is 5.62. The third-order valence-corrected chi connectivity index (χ3v) is 5.31. The highest BCUT2D eigenvalue weighted by atomic mass is 19.1. The molecule has 0 radical (unpaired) electrons. The number of halogens is 1. The first-order valence-electron chi connectivity index (χ1n) is 9.43. The zero-order chi connectivity index (χ0) is 19.7. The second-order valence-electron chi connectivity index (χ2n) is 7.25. The topological polar surface area (TPSA) is 41.6 Å². The molecule has 1 atom stereocenters. The van der Waals surface area contributed by atoms with Gasteiger partial charge >= 0.3 is 0 Å². The number of nitrogens with zero attached hydrogens (tertiary/aromatic N) is 1. The Hall–Kier alpha value is -2.92. The summed E-state index contributed by atoms with van der Waals surface area (Å²) in [5.74, 6) is -0.212. The minimum Gasteiger partial charge on any atom is -0.370 e. The largest absolute Gasteiger partial charge is 0.370 e. The smallest absolute Gasteiger partial charge is 0.209 e. The van der Waals surface area contributed by atoms with E-state index in [2.05, 4.69) is 30.4 Å². The quantitative estimate of drug-likeness (QED) is 0.659. The van der Waals surface area contributed by atoms with Crippen molar-refractivity contribution in [1.29, 1.82) is 0 Å². The van der Waals surface area contributed by atoms with E-state index < -0.39 is 0 Å². The van der Waals surface area contributed by atoms with Crippen LogP contribution in [0.3, 0.4) is 0 Å². The van der Waals surface area contributed by atoms with Crippen LogP contribution in [0.25, 0.3) is 10.8 Å². The van der Waals surface area contributed by atoms with Gasteiger partial charge in [-0.1, -0.05) is 24.3 Å². The van der Waals surface area contributed by atoms with Crippen molar-refractivity contribution in [2.24, 2.45) is 0 Å². The maximum absolute atomic E-state index is 13.6. The molecule has 3 aromatic carbocycles. The molecule has 1 amide bonds. The lowest BCUT2D eigenvalue weighted by Gasteiger charge is -2.31. The van der Waals surface area contributed by atoms with Crippen LogP contribution in [0, 0.1) is 19.7 Å². The SMILES string of the molecule is Cc1cc(Nc2ccc(C3CN(C=O)CCO3)c3c(C)cccc23)ccc1F. The standard InChI is InChI=1S/C23H23FN2O2/c1-15-4-3-5-18-21(25-17-6-8-20(24)16(2)12-17)9-7-19(23(15)18)22-13-26(14-27)10-11-28-22/h3-9,12,14,22,25H,10-11,13H2,1-2H3. The van der Waals surface area contributed by atoms with Crippen LogP contribution in [0.4, 0.5) is 15.8 Å². The summed E-state index contributed by atoms with van der Waals surface area (Å²) in [6.45, 7) is 5.55. The van der Waals surface area contributed by atoms with Crippen molar-refractivity contribution in [2.75, 3.05) is 25.0 Å². The third-order valence-electron chi connectivity index (χ3n) is 5.31. The fourth-order valence-electron chi connectivity index (χ4n) is 3.83. The summed E-state index contributed by atoms with van der Waals surface area (Å²) in [4.78, 5) is 13.0. The van der Waals surface area contributed by atoms with Crippen molar-refractivity contribution >= 4 is 28.6 Å². The fourth-order valence-corrected chi connectivity index (χ4v) is 3.83. The Morgan fingerprint density at radius 1 is 1.14 bits per heavy atom. The van der Waals surface area contributed by atoms with Crippen molar-refractivity contribution in [1.82, 2.24) is 4.90 Å². The molecular weight excluding hydrogens is 355 g/mol. The lowest BCUT2D eigenvalue weighted by Crippen LogP contribution is -2.37. The first kappa shape index (κ1) is 18.4. The Morgan fingerprint density at radius 2 is 2.00 bits per heavy atom. The first-order valence-corrected chi connectivity index (χ1v) is 9.43. The number of nitrogens with one attached hydrogen (secondary N) is 1. The van der Waals surface area contributed by atoms with Crippen LogP contribution in [-0.4, -0.2) is 31.0 Å². The number of hydrogen-bond donors (Lipinski definition) is 1. The Labute approximate surface area is 163 Å². The molecule has 0 spiro atoms. The number of carbonyl (C=O) groups excluding carboxylic acids is 1. The van der Waals surface area contributed by atoms with Crippen LogP contribution < -0.4 is 5.32 Å². The number of carbonyl (C=O) groups is 1. The van der Waals surface area contributed by atoms with Crippen LogP contribution in [0.15, 0.2) is 48.5 Å². The predicted octanol–water partition coefficient (Wildman–Crippen LogP) is 4.87. The molecule has 144 valence electrons. The van der Waals surface area contributed by atoms with E-state index in [4.69, 9.17) is 4.74 Å². The molecule has 1 N–H and O–H groups in total. The zero-order valence-electron chi connectivity index (χ0n) is 16.0. The summed E-state index contributed by atoms with van der Waals surface area (Å²) < 4.78 is 19.6. The predicted molar refractivity (Wildman–Crippen MR) is 109 cm³/mol. The van der Waals surface area contributed by atoms with Crippen LogP contribution in [0.5, 0.6) is 0 Å². The number of amides is 1. The molecule has 3 aromatic rings. The maximum atomic E-state index is 13.6. The van der Waals surface area contributed by atoms with Crippen LogP contribution in [0.1, 0.15) is 22.8 Å².